The highest BCUT2D eigenvalue weighted by Crippen LogP contribution is 2.33. The summed E-state index contributed by atoms with van der Waals surface area (Å²) in [7, 11) is 0. The second kappa shape index (κ2) is 8.21. The predicted molar refractivity (Wildman–Crippen MR) is 98.6 cm³/mol. The fourth-order valence-electron chi connectivity index (χ4n) is 2.18. The Bertz CT molecular complexity index is 908. The molecular weight excluding hydrogens is 374 g/mol. The van der Waals surface area contributed by atoms with Gasteiger partial charge in [-0.3, -0.25) is 9.59 Å². The van der Waals surface area contributed by atoms with E-state index >= 15 is 0 Å². The number of hydrogen-bond donors (Lipinski definition) is 1. The number of nitriles is 1. The topological polar surface area (TPSA) is 109 Å². The largest absolute Gasteiger partial charge is 0.454 e. The summed E-state index contributed by atoms with van der Waals surface area (Å²) in [5.41, 5.74) is 1.64. The minimum absolute atomic E-state index is 0.231. The number of hydrogen-bond acceptors (Lipinski definition) is 8. The zero-order valence-corrected chi connectivity index (χ0v) is 16.3. The lowest BCUT2D eigenvalue weighted by molar-refractivity contribution is -0.122. The number of carbonyl (C=O) groups is 3. The van der Waals surface area contributed by atoms with Crippen molar-refractivity contribution >= 4 is 45.3 Å². The summed E-state index contributed by atoms with van der Waals surface area (Å²) in [5, 5.41) is 14.4. The van der Waals surface area contributed by atoms with Gasteiger partial charge in [-0.25, -0.2) is 9.78 Å². The Labute approximate surface area is 158 Å². The molecule has 0 aliphatic heterocycles. The van der Waals surface area contributed by atoms with Gasteiger partial charge in [0.05, 0.1) is 11.6 Å². The van der Waals surface area contributed by atoms with E-state index in [1.807, 2.05) is 13.0 Å². The van der Waals surface area contributed by atoms with Crippen molar-refractivity contribution in [3.8, 4) is 6.07 Å². The first-order valence-corrected chi connectivity index (χ1v) is 9.33. The minimum Gasteiger partial charge on any atom is -0.454 e. The molecule has 0 aliphatic rings. The molecule has 1 amide bonds. The van der Waals surface area contributed by atoms with Gasteiger partial charge in [-0.05, 0) is 26.3 Å². The normalized spacial score (nSPS) is 11.5. The molecule has 2 rings (SSSR count). The number of ether oxygens (including phenoxy) is 1. The van der Waals surface area contributed by atoms with Crippen LogP contribution in [0.3, 0.4) is 0 Å². The molecule has 0 saturated heterocycles. The Morgan fingerprint density at radius 3 is 2.58 bits per heavy atom. The van der Waals surface area contributed by atoms with Crippen LogP contribution in [0.25, 0.3) is 0 Å². The first-order valence-electron chi connectivity index (χ1n) is 7.63. The van der Waals surface area contributed by atoms with Crippen molar-refractivity contribution in [3.63, 3.8) is 0 Å². The number of thiazole rings is 1. The van der Waals surface area contributed by atoms with Crippen LogP contribution >= 0.6 is 22.7 Å². The molecule has 1 atom stereocenters. The van der Waals surface area contributed by atoms with E-state index in [0.29, 0.717) is 15.6 Å². The Morgan fingerprint density at radius 2 is 2.04 bits per heavy atom. The van der Waals surface area contributed by atoms with Crippen LogP contribution in [-0.4, -0.2) is 29.3 Å². The summed E-state index contributed by atoms with van der Waals surface area (Å²) in [4.78, 5) is 41.0. The molecule has 0 spiro atoms. The summed E-state index contributed by atoms with van der Waals surface area (Å²) in [5.74, 6) is -2.63. The van der Waals surface area contributed by atoms with E-state index in [-0.39, 0.29) is 11.5 Å². The van der Waals surface area contributed by atoms with Crippen molar-refractivity contribution in [2.45, 2.75) is 33.6 Å². The number of aryl methyl sites for hydroxylation is 2. The molecule has 26 heavy (non-hydrogen) atoms. The first kappa shape index (κ1) is 19.8. The molecule has 7 nitrogen and oxygen atoms in total. The monoisotopic (exact) mass is 391 g/mol. The number of aromatic nitrogens is 1. The molecule has 9 heteroatoms. The molecule has 1 N–H and O–H groups in total. The molecule has 0 aromatic carbocycles. The number of ketones is 1. The molecule has 136 valence electrons. The number of carbonyl (C=O) groups excluding carboxylic acids is 3. The number of anilines is 1. The fourth-order valence-corrected chi connectivity index (χ4v) is 4.14. The van der Waals surface area contributed by atoms with Gasteiger partial charge in [0.15, 0.2) is 18.3 Å². The fraction of sp³-hybridized carbons (Fsp3) is 0.353. The van der Waals surface area contributed by atoms with E-state index in [2.05, 4.69) is 10.3 Å². The molecule has 2 aromatic heterocycles. The average Bonchev–Trinajstić information content (AvgIpc) is 3.09. The minimum atomic E-state index is -1.07. The molecule has 2 heterocycles. The van der Waals surface area contributed by atoms with Gasteiger partial charge < -0.3 is 10.1 Å². The lowest BCUT2D eigenvalue weighted by atomic mass is 10.1. The summed E-state index contributed by atoms with van der Waals surface area (Å²) >= 11 is 2.48. The van der Waals surface area contributed by atoms with E-state index in [1.165, 1.54) is 29.6 Å². The highest BCUT2D eigenvalue weighted by molar-refractivity contribution is 7.16. The zero-order valence-electron chi connectivity index (χ0n) is 14.7. The quantitative estimate of drug-likeness (QED) is 0.758. The summed E-state index contributed by atoms with van der Waals surface area (Å²) in [6.07, 6.45) is 0. The molecule has 0 fully saturated rings. The highest BCUT2D eigenvalue weighted by atomic mass is 32.1. The highest BCUT2D eigenvalue weighted by Gasteiger charge is 2.27. The number of rotatable bonds is 6. The van der Waals surface area contributed by atoms with Gasteiger partial charge in [0.1, 0.15) is 10.0 Å². The number of nitrogens with one attached hydrogen (secondary N) is 1. The third-order valence-corrected chi connectivity index (χ3v) is 5.71. The third kappa shape index (κ3) is 4.33. The number of thiophene rings is 1. The van der Waals surface area contributed by atoms with Gasteiger partial charge >= 0.3 is 5.97 Å². The molecule has 0 aliphatic carbocycles. The zero-order chi connectivity index (χ0) is 19.4. The van der Waals surface area contributed by atoms with Crippen LogP contribution in [0.1, 0.15) is 44.3 Å². The Hall–Kier alpha value is -2.57. The van der Waals surface area contributed by atoms with Gasteiger partial charge in [-0.1, -0.05) is 0 Å². The Morgan fingerprint density at radius 1 is 1.35 bits per heavy atom. The number of nitrogens with zero attached hydrogens (tertiary/aromatic N) is 2. The van der Waals surface area contributed by atoms with E-state index in [4.69, 9.17) is 4.74 Å². The van der Waals surface area contributed by atoms with Crippen LogP contribution in [0.15, 0.2) is 5.38 Å². The Balaban J connectivity index is 2.12. The van der Waals surface area contributed by atoms with Crippen LogP contribution in [0.5, 0.6) is 0 Å². The average molecular weight is 391 g/mol. The first-order chi connectivity index (χ1) is 12.2. The molecule has 0 saturated carbocycles. The Kier molecular flexibility index (Phi) is 6.23. The summed E-state index contributed by atoms with van der Waals surface area (Å²) in [6.45, 7) is 6.14. The molecule has 0 radical (unpaired) electrons. The van der Waals surface area contributed by atoms with Crippen LogP contribution in [0, 0.1) is 32.1 Å². The predicted octanol–water partition coefficient (Wildman–Crippen LogP) is 3.12. The van der Waals surface area contributed by atoms with Gasteiger partial charge in [-0.2, -0.15) is 5.26 Å². The smallest absolute Gasteiger partial charge is 0.341 e. The van der Waals surface area contributed by atoms with Crippen molar-refractivity contribution in [1.29, 1.82) is 5.26 Å². The second-order valence-electron chi connectivity index (χ2n) is 5.60. The number of Topliss-reactive ketones (excluding diaryl/α,β-unsaturated/α-hetero) is 1. The lowest BCUT2D eigenvalue weighted by Gasteiger charge is -2.08. The summed E-state index contributed by atoms with van der Waals surface area (Å²) in [6, 6.07) is 1.90. The SMILES string of the molecule is CC(=O)Nc1sc(C)c(C)c1C(=O)OCC(=O)[C@H](C#N)c1nc(C)cs1. The van der Waals surface area contributed by atoms with E-state index < -0.39 is 24.3 Å². The van der Waals surface area contributed by atoms with Gasteiger partial charge in [0, 0.05) is 22.9 Å². The van der Waals surface area contributed by atoms with Gasteiger partial charge in [0.25, 0.3) is 0 Å². The van der Waals surface area contributed by atoms with Gasteiger partial charge in [-0.15, -0.1) is 22.7 Å². The molecular formula is C17H17N3O4S2. The third-order valence-electron chi connectivity index (χ3n) is 3.56. The maximum absolute atomic E-state index is 12.4. The number of amides is 1. The van der Waals surface area contributed by atoms with Crippen LogP contribution < -0.4 is 5.32 Å². The van der Waals surface area contributed by atoms with Crippen molar-refractivity contribution in [2.24, 2.45) is 0 Å². The van der Waals surface area contributed by atoms with E-state index in [0.717, 1.165) is 10.6 Å². The van der Waals surface area contributed by atoms with Crippen LogP contribution in [0.2, 0.25) is 0 Å². The lowest BCUT2D eigenvalue weighted by Crippen LogP contribution is -2.20. The van der Waals surface area contributed by atoms with Gasteiger partial charge in [0.2, 0.25) is 5.91 Å². The maximum Gasteiger partial charge on any atom is 0.341 e. The van der Waals surface area contributed by atoms with E-state index in [9.17, 15) is 19.6 Å². The van der Waals surface area contributed by atoms with Crippen molar-refractivity contribution in [1.82, 2.24) is 4.98 Å². The van der Waals surface area contributed by atoms with Crippen molar-refractivity contribution in [3.05, 3.63) is 32.1 Å². The van der Waals surface area contributed by atoms with Crippen LogP contribution in [0.4, 0.5) is 5.00 Å². The molecule has 0 bridgehead atoms. The van der Waals surface area contributed by atoms with Crippen molar-refractivity contribution < 1.29 is 19.1 Å². The standard InChI is InChI=1S/C17H17N3O4S2/c1-8-7-25-15(19-8)12(5-18)13(22)6-24-17(23)14-9(2)10(3)26-16(14)20-11(4)21/h7,12H,6H2,1-4H3,(H,20,21)/t12-/m0/s1. The molecule has 0 unspecified atom stereocenters. The number of esters is 1. The van der Waals surface area contributed by atoms with Crippen LogP contribution in [-0.2, 0) is 14.3 Å². The maximum atomic E-state index is 12.4. The second-order valence-corrected chi connectivity index (χ2v) is 7.71. The molecule has 2 aromatic rings. The van der Waals surface area contributed by atoms with E-state index in [1.54, 1.807) is 19.2 Å². The van der Waals surface area contributed by atoms with Crippen molar-refractivity contribution in [2.75, 3.05) is 11.9 Å². The summed E-state index contributed by atoms with van der Waals surface area (Å²) < 4.78 is 5.11.